The van der Waals surface area contributed by atoms with Gasteiger partial charge < -0.3 is 4.90 Å². The van der Waals surface area contributed by atoms with E-state index in [1.165, 1.54) is 12.8 Å². The van der Waals surface area contributed by atoms with E-state index in [0.29, 0.717) is 5.78 Å². The SMILES string of the molecule is CC(=O)N1CCN(C2CCCCCC2=O)CC1. The van der Waals surface area contributed by atoms with Crippen LogP contribution in [-0.2, 0) is 9.59 Å². The molecule has 1 atom stereocenters. The number of piperazine rings is 1. The number of nitrogens with zero attached hydrogens (tertiary/aromatic N) is 2. The molecule has 0 spiro atoms. The lowest BCUT2D eigenvalue weighted by Gasteiger charge is -2.38. The molecule has 2 aliphatic rings. The standard InChI is InChI=1S/C13H22N2O2/c1-11(16)14-7-9-15(10-8-14)12-5-3-2-4-6-13(12)17/h12H,2-10H2,1H3. The Balaban J connectivity index is 1.90. The van der Waals surface area contributed by atoms with Gasteiger partial charge in [0.2, 0.25) is 5.91 Å². The van der Waals surface area contributed by atoms with Gasteiger partial charge in [-0.1, -0.05) is 12.8 Å². The van der Waals surface area contributed by atoms with E-state index in [1.54, 1.807) is 6.92 Å². The molecule has 1 aliphatic heterocycles. The lowest BCUT2D eigenvalue weighted by molar-refractivity contribution is -0.132. The molecule has 2 rings (SSSR count). The van der Waals surface area contributed by atoms with Crippen molar-refractivity contribution >= 4 is 11.7 Å². The summed E-state index contributed by atoms with van der Waals surface area (Å²) >= 11 is 0. The van der Waals surface area contributed by atoms with Gasteiger partial charge in [0.25, 0.3) is 0 Å². The maximum atomic E-state index is 12.0. The summed E-state index contributed by atoms with van der Waals surface area (Å²) in [6.07, 6.45) is 5.18. The van der Waals surface area contributed by atoms with Crippen molar-refractivity contribution in [1.82, 2.24) is 9.80 Å². The van der Waals surface area contributed by atoms with E-state index in [9.17, 15) is 9.59 Å². The fourth-order valence-electron chi connectivity index (χ4n) is 2.88. The zero-order chi connectivity index (χ0) is 12.3. The van der Waals surface area contributed by atoms with E-state index < -0.39 is 0 Å². The molecule has 1 heterocycles. The third-order valence-electron chi connectivity index (χ3n) is 3.97. The second-order valence-electron chi connectivity index (χ2n) is 5.12. The fraction of sp³-hybridized carbons (Fsp3) is 0.846. The fourth-order valence-corrected chi connectivity index (χ4v) is 2.88. The molecule has 1 amide bonds. The maximum absolute atomic E-state index is 12.0. The highest BCUT2D eigenvalue weighted by Crippen LogP contribution is 2.20. The summed E-state index contributed by atoms with van der Waals surface area (Å²) in [6, 6.07) is 0.131. The van der Waals surface area contributed by atoms with Crippen molar-refractivity contribution in [3.8, 4) is 0 Å². The van der Waals surface area contributed by atoms with Crippen LogP contribution in [0, 0.1) is 0 Å². The molecule has 0 aromatic heterocycles. The minimum atomic E-state index is 0.131. The molecule has 0 aromatic carbocycles. The maximum Gasteiger partial charge on any atom is 0.219 e. The Morgan fingerprint density at radius 3 is 2.47 bits per heavy atom. The van der Waals surface area contributed by atoms with Gasteiger partial charge in [-0.05, 0) is 12.8 Å². The summed E-state index contributed by atoms with van der Waals surface area (Å²) in [7, 11) is 0. The summed E-state index contributed by atoms with van der Waals surface area (Å²) in [4.78, 5) is 27.4. The smallest absolute Gasteiger partial charge is 0.219 e. The van der Waals surface area contributed by atoms with Crippen LogP contribution in [0.1, 0.15) is 39.0 Å². The molecular weight excluding hydrogens is 216 g/mol. The second-order valence-corrected chi connectivity index (χ2v) is 5.12. The first kappa shape index (κ1) is 12.6. The largest absolute Gasteiger partial charge is 0.340 e. The Labute approximate surface area is 103 Å². The third kappa shape index (κ3) is 3.06. The molecule has 4 nitrogen and oxygen atoms in total. The van der Waals surface area contributed by atoms with E-state index in [2.05, 4.69) is 4.90 Å². The number of hydrogen-bond donors (Lipinski definition) is 0. The molecule has 96 valence electrons. The van der Waals surface area contributed by atoms with Crippen LogP contribution >= 0.6 is 0 Å². The molecule has 0 radical (unpaired) electrons. The van der Waals surface area contributed by atoms with Crippen molar-refractivity contribution in [1.29, 1.82) is 0 Å². The molecule has 1 saturated heterocycles. The zero-order valence-electron chi connectivity index (χ0n) is 10.7. The van der Waals surface area contributed by atoms with Crippen LogP contribution in [0.25, 0.3) is 0 Å². The monoisotopic (exact) mass is 238 g/mol. The summed E-state index contributed by atoms with van der Waals surface area (Å²) in [5.74, 6) is 0.565. The molecule has 1 aliphatic carbocycles. The Hall–Kier alpha value is -0.900. The van der Waals surface area contributed by atoms with Gasteiger partial charge >= 0.3 is 0 Å². The average molecular weight is 238 g/mol. The van der Waals surface area contributed by atoms with Gasteiger partial charge in [0.1, 0.15) is 5.78 Å². The minimum absolute atomic E-state index is 0.131. The lowest BCUT2D eigenvalue weighted by Crippen LogP contribution is -2.53. The van der Waals surface area contributed by atoms with Crippen LogP contribution in [0.5, 0.6) is 0 Å². The highest BCUT2D eigenvalue weighted by molar-refractivity contribution is 5.84. The summed E-state index contributed by atoms with van der Waals surface area (Å²) in [5, 5.41) is 0. The van der Waals surface area contributed by atoms with Crippen molar-refractivity contribution in [2.45, 2.75) is 45.1 Å². The number of carbonyl (C=O) groups is 2. The highest BCUT2D eigenvalue weighted by Gasteiger charge is 2.29. The van der Waals surface area contributed by atoms with E-state index in [-0.39, 0.29) is 11.9 Å². The van der Waals surface area contributed by atoms with E-state index in [4.69, 9.17) is 0 Å². The lowest BCUT2D eigenvalue weighted by atomic mass is 10.0. The number of hydrogen-bond acceptors (Lipinski definition) is 3. The van der Waals surface area contributed by atoms with Gasteiger partial charge in [0.15, 0.2) is 0 Å². The van der Waals surface area contributed by atoms with Crippen LogP contribution in [0.2, 0.25) is 0 Å². The van der Waals surface area contributed by atoms with Gasteiger partial charge in [-0.15, -0.1) is 0 Å². The number of Topliss-reactive ketones (excluding diaryl/α,β-unsaturated/α-hetero) is 1. The number of carbonyl (C=O) groups excluding carboxylic acids is 2. The number of amides is 1. The molecule has 2 fully saturated rings. The van der Waals surface area contributed by atoms with Gasteiger partial charge in [-0.25, -0.2) is 0 Å². The van der Waals surface area contributed by atoms with Crippen molar-refractivity contribution in [2.24, 2.45) is 0 Å². The average Bonchev–Trinajstić information content (AvgIpc) is 2.54. The van der Waals surface area contributed by atoms with Crippen LogP contribution in [-0.4, -0.2) is 53.7 Å². The van der Waals surface area contributed by atoms with Crippen molar-refractivity contribution in [2.75, 3.05) is 26.2 Å². The van der Waals surface area contributed by atoms with Gasteiger partial charge in [-0.2, -0.15) is 0 Å². The van der Waals surface area contributed by atoms with Gasteiger partial charge in [0, 0.05) is 39.5 Å². The molecule has 0 N–H and O–H groups in total. The molecular formula is C13H22N2O2. The first-order valence-corrected chi connectivity index (χ1v) is 6.71. The predicted molar refractivity (Wildman–Crippen MR) is 65.7 cm³/mol. The van der Waals surface area contributed by atoms with Gasteiger partial charge in [-0.3, -0.25) is 14.5 Å². The molecule has 0 aromatic rings. The quantitative estimate of drug-likeness (QED) is 0.641. The van der Waals surface area contributed by atoms with Crippen molar-refractivity contribution in [3.63, 3.8) is 0 Å². The van der Waals surface area contributed by atoms with Crippen molar-refractivity contribution < 1.29 is 9.59 Å². The van der Waals surface area contributed by atoms with E-state index in [0.717, 1.165) is 45.4 Å². The van der Waals surface area contributed by atoms with Gasteiger partial charge in [0.05, 0.1) is 6.04 Å². The first-order valence-electron chi connectivity index (χ1n) is 6.71. The second kappa shape index (κ2) is 5.63. The van der Waals surface area contributed by atoms with E-state index >= 15 is 0 Å². The Bertz CT molecular complexity index is 296. The molecule has 1 unspecified atom stereocenters. The molecule has 17 heavy (non-hydrogen) atoms. The minimum Gasteiger partial charge on any atom is -0.340 e. The van der Waals surface area contributed by atoms with Crippen molar-refractivity contribution in [3.05, 3.63) is 0 Å². The van der Waals surface area contributed by atoms with Crippen LogP contribution < -0.4 is 0 Å². The van der Waals surface area contributed by atoms with E-state index in [1.807, 2.05) is 4.90 Å². The normalized spacial score (nSPS) is 27.9. The van der Waals surface area contributed by atoms with Crippen LogP contribution in [0.4, 0.5) is 0 Å². The molecule has 4 heteroatoms. The zero-order valence-corrected chi connectivity index (χ0v) is 10.7. The first-order chi connectivity index (χ1) is 8.18. The number of ketones is 1. The number of rotatable bonds is 1. The Morgan fingerprint density at radius 2 is 1.82 bits per heavy atom. The predicted octanol–water partition coefficient (Wildman–Crippen LogP) is 1.05. The Kier molecular flexibility index (Phi) is 4.15. The highest BCUT2D eigenvalue weighted by atomic mass is 16.2. The molecule has 0 bridgehead atoms. The molecule has 1 saturated carbocycles. The summed E-state index contributed by atoms with van der Waals surface area (Å²) < 4.78 is 0. The Morgan fingerprint density at radius 1 is 1.12 bits per heavy atom. The topological polar surface area (TPSA) is 40.6 Å². The summed E-state index contributed by atoms with van der Waals surface area (Å²) in [5.41, 5.74) is 0. The van der Waals surface area contributed by atoms with Crippen LogP contribution in [0.3, 0.4) is 0 Å². The summed E-state index contributed by atoms with van der Waals surface area (Å²) in [6.45, 7) is 4.89. The van der Waals surface area contributed by atoms with Crippen LogP contribution in [0.15, 0.2) is 0 Å². The third-order valence-corrected chi connectivity index (χ3v) is 3.97.